The Morgan fingerprint density at radius 1 is 1.17 bits per heavy atom. The van der Waals surface area contributed by atoms with Crippen LogP contribution in [-0.2, 0) is 19.4 Å². The van der Waals surface area contributed by atoms with Crippen molar-refractivity contribution in [2.45, 2.75) is 33.2 Å². The molecule has 0 fully saturated rings. The third-order valence-electron chi connectivity index (χ3n) is 5.07. The molecule has 3 aromatic rings. The average Bonchev–Trinajstić information content (AvgIpc) is 3.18. The molecule has 2 aromatic carbocycles. The minimum atomic E-state index is -0.0485. The van der Waals surface area contributed by atoms with Crippen LogP contribution in [0.3, 0.4) is 0 Å². The number of urea groups is 1. The van der Waals surface area contributed by atoms with Crippen molar-refractivity contribution in [3.05, 3.63) is 64.7 Å². The molecule has 1 aliphatic heterocycles. The number of aromatic nitrogens is 1. The van der Waals surface area contributed by atoms with E-state index in [4.69, 9.17) is 9.72 Å². The van der Waals surface area contributed by atoms with Gasteiger partial charge in [0.1, 0.15) is 10.8 Å². The number of carbonyl (C=O) groups excluding carboxylic acids is 1. The predicted octanol–water partition coefficient (Wildman–Crippen LogP) is 5.36. The van der Waals surface area contributed by atoms with E-state index in [0.29, 0.717) is 19.7 Å². The highest BCUT2D eigenvalue weighted by Gasteiger charge is 2.24. The number of rotatable bonds is 5. The van der Waals surface area contributed by atoms with E-state index in [0.717, 1.165) is 46.1 Å². The summed E-state index contributed by atoms with van der Waals surface area (Å²) in [5, 5.41) is 4.07. The third-order valence-corrected chi connectivity index (χ3v) is 6.20. The van der Waals surface area contributed by atoms with Gasteiger partial charge < -0.3 is 15.0 Å². The van der Waals surface area contributed by atoms with Crippen molar-refractivity contribution in [2.75, 3.05) is 18.5 Å². The lowest BCUT2D eigenvalue weighted by Gasteiger charge is -2.26. The highest BCUT2D eigenvalue weighted by Crippen LogP contribution is 2.32. The number of thiazole rings is 1. The Bertz CT molecular complexity index is 998. The highest BCUT2D eigenvalue weighted by atomic mass is 32.1. The van der Waals surface area contributed by atoms with Gasteiger partial charge in [0, 0.05) is 29.1 Å². The number of para-hydroxylation sites is 1. The number of nitrogens with zero attached hydrogens (tertiary/aromatic N) is 2. The number of hydrogen-bond acceptors (Lipinski definition) is 4. The van der Waals surface area contributed by atoms with Crippen LogP contribution >= 0.6 is 11.3 Å². The lowest BCUT2D eigenvalue weighted by molar-refractivity contribution is 0.207. The molecular formula is C23H25N3O2S. The van der Waals surface area contributed by atoms with E-state index in [9.17, 15) is 4.79 Å². The maximum absolute atomic E-state index is 12.8. The van der Waals surface area contributed by atoms with Crippen LogP contribution < -0.4 is 10.1 Å². The number of hydrogen-bond donors (Lipinski definition) is 1. The second-order valence-electron chi connectivity index (χ2n) is 6.96. The number of benzene rings is 2. The molecule has 0 bridgehead atoms. The third kappa shape index (κ3) is 4.27. The van der Waals surface area contributed by atoms with Crippen LogP contribution in [0.2, 0.25) is 0 Å². The molecule has 0 unspecified atom stereocenters. The molecule has 0 saturated heterocycles. The van der Waals surface area contributed by atoms with Gasteiger partial charge in [0.05, 0.1) is 18.8 Å². The van der Waals surface area contributed by atoms with Crippen LogP contribution in [0, 0.1) is 0 Å². The number of amides is 2. The molecular weight excluding hydrogens is 382 g/mol. The van der Waals surface area contributed by atoms with E-state index in [-0.39, 0.29) is 6.03 Å². The summed E-state index contributed by atoms with van der Waals surface area (Å²) in [6.07, 6.45) is 1.67. The van der Waals surface area contributed by atoms with Gasteiger partial charge in [-0.2, -0.15) is 0 Å². The van der Waals surface area contributed by atoms with Gasteiger partial charge in [-0.05, 0) is 49.2 Å². The van der Waals surface area contributed by atoms with Crippen molar-refractivity contribution >= 4 is 23.1 Å². The van der Waals surface area contributed by atoms with Crippen LogP contribution in [0.25, 0.3) is 10.6 Å². The van der Waals surface area contributed by atoms with Gasteiger partial charge in [-0.3, -0.25) is 0 Å². The zero-order chi connectivity index (χ0) is 20.2. The fraction of sp³-hybridized carbons (Fsp3) is 0.304. The van der Waals surface area contributed by atoms with Crippen molar-refractivity contribution in [3.8, 4) is 16.3 Å². The van der Waals surface area contributed by atoms with Crippen LogP contribution in [0.4, 0.5) is 10.5 Å². The molecule has 1 aliphatic rings. The molecule has 4 rings (SSSR count). The van der Waals surface area contributed by atoms with E-state index in [1.54, 1.807) is 11.3 Å². The van der Waals surface area contributed by atoms with E-state index in [1.165, 1.54) is 4.88 Å². The largest absolute Gasteiger partial charge is 0.494 e. The van der Waals surface area contributed by atoms with Gasteiger partial charge in [0.15, 0.2) is 0 Å². The second kappa shape index (κ2) is 8.66. The molecule has 2 amide bonds. The number of aryl methyl sites for hydroxylation is 1. The smallest absolute Gasteiger partial charge is 0.322 e. The topological polar surface area (TPSA) is 54.5 Å². The van der Waals surface area contributed by atoms with E-state index in [2.05, 4.69) is 18.3 Å². The molecule has 2 heterocycles. The molecule has 0 radical (unpaired) electrons. The van der Waals surface area contributed by atoms with Crippen molar-refractivity contribution < 1.29 is 9.53 Å². The predicted molar refractivity (Wildman–Crippen MR) is 118 cm³/mol. The molecule has 1 N–H and O–H groups in total. The first-order valence-electron chi connectivity index (χ1n) is 10.0. The molecule has 6 heteroatoms. The maximum atomic E-state index is 12.8. The number of fused-ring (bicyclic) bond motifs is 1. The Balaban J connectivity index is 1.46. The molecule has 0 spiro atoms. The van der Waals surface area contributed by atoms with Gasteiger partial charge in [0.2, 0.25) is 0 Å². The summed E-state index contributed by atoms with van der Waals surface area (Å²) in [5.41, 5.74) is 4.23. The average molecular weight is 408 g/mol. The van der Waals surface area contributed by atoms with Crippen LogP contribution in [0.15, 0.2) is 48.5 Å². The van der Waals surface area contributed by atoms with Gasteiger partial charge in [-0.15, -0.1) is 11.3 Å². The van der Waals surface area contributed by atoms with Gasteiger partial charge >= 0.3 is 6.03 Å². The Kier molecular flexibility index (Phi) is 5.81. The van der Waals surface area contributed by atoms with Crippen molar-refractivity contribution in [1.82, 2.24) is 9.88 Å². The lowest BCUT2D eigenvalue weighted by Crippen LogP contribution is -2.38. The summed E-state index contributed by atoms with van der Waals surface area (Å²) in [6, 6.07) is 16.0. The zero-order valence-electron chi connectivity index (χ0n) is 16.8. The monoisotopic (exact) mass is 407 g/mol. The van der Waals surface area contributed by atoms with Crippen LogP contribution in [0.1, 0.15) is 30.0 Å². The first-order chi connectivity index (χ1) is 14.2. The SMILES string of the molecule is CCOc1ccc(-c2nc3c(s2)CN(C(=O)Nc2ccccc2CC)CC3)cc1. The number of anilines is 1. The lowest BCUT2D eigenvalue weighted by atomic mass is 10.1. The van der Waals surface area contributed by atoms with Crippen molar-refractivity contribution in [1.29, 1.82) is 0 Å². The fourth-order valence-corrected chi connectivity index (χ4v) is 4.63. The normalized spacial score (nSPS) is 13.1. The van der Waals surface area contributed by atoms with Gasteiger partial charge in [-0.25, -0.2) is 9.78 Å². The number of carbonyl (C=O) groups is 1. The number of ether oxygens (including phenoxy) is 1. The van der Waals surface area contributed by atoms with Crippen molar-refractivity contribution in [3.63, 3.8) is 0 Å². The summed E-state index contributed by atoms with van der Waals surface area (Å²) in [7, 11) is 0. The quantitative estimate of drug-likeness (QED) is 0.619. The molecule has 0 aliphatic carbocycles. The Hall–Kier alpha value is -2.86. The Labute approximate surface area is 175 Å². The summed E-state index contributed by atoms with van der Waals surface area (Å²) >= 11 is 1.67. The Morgan fingerprint density at radius 3 is 2.72 bits per heavy atom. The van der Waals surface area contributed by atoms with E-state index < -0.39 is 0 Å². The summed E-state index contributed by atoms with van der Waals surface area (Å²) < 4.78 is 5.52. The minimum absolute atomic E-state index is 0.0485. The van der Waals surface area contributed by atoms with E-state index >= 15 is 0 Å². The second-order valence-corrected chi connectivity index (χ2v) is 8.04. The number of nitrogens with one attached hydrogen (secondary N) is 1. The first-order valence-corrected chi connectivity index (χ1v) is 10.8. The Morgan fingerprint density at radius 2 is 1.97 bits per heavy atom. The zero-order valence-corrected chi connectivity index (χ0v) is 17.6. The van der Waals surface area contributed by atoms with Crippen LogP contribution in [0.5, 0.6) is 5.75 Å². The molecule has 29 heavy (non-hydrogen) atoms. The van der Waals surface area contributed by atoms with Crippen molar-refractivity contribution in [2.24, 2.45) is 0 Å². The molecule has 0 saturated carbocycles. The highest BCUT2D eigenvalue weighted by molar-refractivity contribution is 7.15. The van der Waals surface area contributed by atoms with Gasteiger partial charge in [0.25, 0.3) is 0 Å². The van der Waals surface area contributed by atoms with E-state index in [1.807, 2.05) is 54.3 Å². The van der Waals surface area contributed by atoms with Gasteiger partial charge in [-0.1, -0.05) is 25.1 Å². The van der Waals surface area contributed by atoms with Crippen LogP contribution in [-0.4, -0.2) is 29.1 Å². The first kappa shape index (κ1) is 19.5. The fourth-order valence-electron chi connectivity index (χ4n) is 3.50. The molecule has 150 valence electrons. The standard InChI is InChI=1S/C23H25N3O2S/c1-3-16-7-5-6-8-19(16)25-23(27)26-14-13-20-21(15-26)29-22(24-20)17-9-11-18(12-10-17)28-4-2/h5-12H,3-4,13-15H2,1-2H3,(H,25,27). The molecule has 1 aromatic heterocycles. The molecule has 5 nitrogen and oxygen atoms in total. The maximum Gasteiger partial charge on any atom is 0.322 e. The summed E-state index contributed by atoms with van der Waals surface area (Å²) in [5.74, 6) is 0.868. The summed E-state index contributed by atoms with van der Waals surface area (Å²) in [4.78, 5) is 20.7. The summed E-state index contributed by atoms with van der Waals surface area (Å²) in [6.45, 7) is 6.01. The molecule has 0 atom stereocenters. The minimum Gasteiger partial charge on any atom is -0.494 e.